The van der Waals surface area contributed by atoms with Crippen molar-refractivity contribution < 1.29 is 23.9 Å². The van der Waals surface area contributed by atoms with Crippen molar-refractivity contribution in [1.29, 1.82) is 0 Å². The number of benzene rings is 1. The Morgan fingerprint density at radius 2 is 1.88 bits per heavy atom. The van der Waals surface area contributed by atoms with E-state index >= 15 is 0 Å². The molecule has 0 amide bonds. The van der Waals surface area contributed by atoms with Crippen molar-refractivity contribution in [1.82, 2.24) is 0 Å². The van der Waals surface area contributed by atoms with Crippen molar-refractivity contribution in [3.05, 3.63) is 60.7 Å². The van der Waals surface area contributed by atoms with Gasteiger partial charge in [0, 0.05) is 17.8 Å². The Balaban J connectivity index is 1.67. The van der Waals surface area contributed by atoms with Gasteiger partial charge in [0.05, 0.1) is 7.11 Å². The summed E-state index contributed by atoms with van der Waals surface area (Å²) < 4.78 is 10.4. The summed E-state index contributed by atoms with van der Waals surface area (Å²) in [4.78, 5) is 39.8. The molecule has 33 heavy (non-hydrogen) atoms. The lowest BCUT2D eigenvalue weighted by molar-refractivity contribution is -0.164. The van der Waals surface area contributed by atoms with Crippen LogP contribution in [0.2, 0.25) is 0 Å². The molecule has 2 bridgehead atoms. The molecule has 3 fully saturated rings. The number of hydrogen-bond donors (Lipinski definition) is 0. The highest BCUT2D eigenvalue weighted by molar-refractivity contribution is 5.98. The normalized spacial score (nSPS) is 39.0. The predicted octanol–water partition coefficient (Wildman–Crippen LogP) is 4.41. The van der Waals surface area contributed by atoms with Gasteiger partial charge in [0.25, 0.3) is 0 Å². The third-order valence-electron chi connectivity index (χ3n) is 9.52. The van der Waals surface area contributed by atoms with E-state index in [0.29, 0.717) is 0 Å². The Hall–Kier alpha value is -2.69. The Kier molecular flexibility index (Phi) is 5.15. The van der Waals surface area contributed by atoms with Crippen LogP contribution in [-0.2, 0) is 29.3 Å². The molecule has 0 saturated heterocycles. The zero-order valence-corrected chi connectivity index (χ0v) is 19.4. The number of carbonyl (C=O) groups excluding carboxylic acids is 3. The molecular formula is C28H32O5. The second-order valence-corrected chi connectivity index (χ2v) is 10.4. The Morgan fingerprint density at radius 1 is 1.15 bits per heavy atom. The summed E-state index contributed by atoms with van der Waals surface area (Å²) >= 11 is 0. The van der Waals surface area contributed by atoms with Gasteiger partial charge in [0.2, 0.25) is 0 Å². The van der Waals surface area contributed by atoms with Crippen LogP contribution >= 0.6 is 0 Å². The number of allylic oxidation sites excluding steroid dienone is 2. The van der Waals surface area contributed by atoms with Crippen molar-refractivity contribution >= 4 is 17.7 Å². The van der Waals surface area contributed by atoms with Gasteiger partial charge >= 0.3 is 11.9 Å². The van der Waals surface area contributed by atoms with E-state index in [9.17, 15) is 14.4 Å². The Bertz CT molecular complexity index is 1030. The second kappa shape index (κ2) is 7.68. The number of ketones is 1. The van der Waals surface area contributed by atoms with E-state index in [1.165, 1.54) is 13.2 Å². The number of carbonyl (C=O) groups is 3. The molecule has 174 valence electrons. The van der Waals surface area contributed by atoms with Gasteiger partial charge in [-0.25, -0.2) is 0 Å². The highest BCUT2D eigenvalue weighted by atomic mass is 16.5. The van der Waals surface area contributed by atoms with Crippen molar-refractivity contribution in [3.63, 3.8) is 0 Å². The lowest BCUT2D eigenvalue weighted by Crippen LogP contribution is -2.48. The van der Waals surface area contributed by atoms with Crippen molar-refractivity contribution in [3.8, 4) is 0 Å². The molecule has 0 N–H and O–H groups in total. The second-order valence-electron chi connectivity index (χ2n) is 10.4. The summed E-state index contributed by atoms with van der Waals surface area (Å²) in [6, 6.07) is 10.4. The summed E-state index contributed by atoms with van der Waals surface area (Å²) in [6.45, 7) is 5.96. The first-order valence-corrected chi connectivity index (χ1v) is 12.0. The minimum Gasteiger partial charge on any atom is -0.468 e. The highest BCUT2D eigenvalue weighted by Gasteiger charge is 2.80. The fraction of sp³-hybridized carbons (Fsp3) is 0.536. The Labute approximate surface area is 195 Å². The molecule has 4 aliphatic rings. The highest BCUT2D eigenvalue weighted by Crippen LogP contribution is 2.81. The molecule has 1 aromatic rings. The van der Waals surface area contributed by atoms with E-state index in [0.717, 1.165) is 31.2 Å². The molecule has 1 unspecified atom stereocenters. The monoisotopic (exact) mass is 448 g/mol. The lowest BCUT2D eigenvalue weighted by Gasteiger charge is -2.52. The number of esters is 2. The summed E-state index contributed by atoms with van der Waals surface area (Å²) in [6.07, 6.45) is 10.5. The molecular weight excluding hydrogens is 416 g/mol. The molecule has 5 heteroatoms. The zero-order chi connectivity index (χ0) is 23.4. The third kappa shape index (κ3) is 2.62. The quantitative estimate of drug-likeness (QED) is 0.366. The van der Waals surface area contributed by atoms with E-state index < -0.39 is 29.2 Å². The van der Waals surface area contributed by atoms with Crippen molar-refractivity contribution in [2.75, 3.05) is 13.7 Å². The molecule has 7 atom stereocenters. The summed E-state index contributed by atoms with van der Waals surface area (Å²) in [5.74, 6) is -2.96. The number of Topliss-reactive ketones (excluding diaryl/α,β-unsaturated/α-hetero) is 1. The average molecular weight is 449 g/mol. The van der Waals surface area contributed by atoms with Gasteiger partial charge in [-0.15, -0.1) is 0 Å². The maximum absolute atomic E-state index is 13.8. The number of fused-ring (bicyclic) bond motifs is 2. The fourth-order valence-electron chi connectivity index (χ4n) is 8.41. The number of rotatable bonds is 6. The van der Waals surface area contributed by atoms with Gasteiger partial charge in [-0.2, -0.15) is 0 Å². The van der Waals surface area contributed by atoms with Gasteiger partial charge in [-0.1, -0.05) is 74.9 Å². The first kappa shape index (κ1) is 22.1. The van der Waals surface area contributed by atoms with Gasteiger partial charge < -0.3 is 9.47 Å². The van der Waals surface area contributed by atoms with Gasteiger partial charge in [-0.05, 0) is 41.1 Å². The maximum atomic E-state index is 13.8. The molecule has 0 radical (unpaired) electrons. The first-order valence-electron chi connectivity index (χ1n) is 12.0. The molecule has 4 aliphatic carbocycles. The number of methoxy groups -OCH3 is 1. The minimum absolute atomic E-state index is 0.0256. The maximum Gasteiger partial charge on any atom is 0.320 e. The van der Waals surface area contributed by atoms with E-state index in [-0.39, 0.29) is 41.5 Å². The fourth-order valence-corrected chi connectivity index (χ4v) is 8.41. The van der Waals surface area contributed by atoms with Crippen LogP contribution in [0, 0.1) is 34.5 Å². The molecule has 3 saturated carbocycles. The molecule has 0 aromatic heterocycles. The molecule has 5 rings (SSSR count). The number of ether oxygens (including phenoxy) is 2. The van der Waals surface area contributed by atoms with Gasteiger partial charge in [0.1, 0.15) is 12.4 Å². The van der Waals surface area contributed by atoms with Crippen LogP contribution in [0.5, 0.6) is 0 Å². The molecule has 0 aliphatic heterocycles. The first-order chi connectivity index (χ1) is 15.9. The summed E-state index contributed by atoms with van der Waals surface area (Å²) in [7, 11) is 1.29. The number of hydrogen-bond acceptors (Lipinski definition) is 5. The Morgan fingerprint density at radius 3 is 2.58 bits per heavy atom. The molecule has 5 nitrogen and oxygen atoms in total. The molecule has 0 spiro atoms. The van der Waals surface area contributed by atoms with Crippen LogP contribution in [0.3, 0.4) is 0 Å². The van der Waals surface area contributed by atoms with E-state index in [1.807, 2.05) is 18.2 Å². The topological polar surface area (TPSA) is 69.7 Å². The predicted molar refractivity (Wildman–Crippen MR) is 123 cm³/mol. The van der Waals surface area contributed by atoms with E-state index in [1.54, 1.807) is 0 Å². The molecule has 1 aromatic carbocycles. The van der Waals surface area contributed by atoms with Crippen LogP contribution in [0.1, 0.15) is 44.6 Å². The van der Waals surface area contributed by atoms with Crippen molar-refractivity contribution in [2.24, 2.45) is 34.5 Å². The minimum atomic E-state index is -1.10. The van der Waals surface area contributed by atoms with Gasteiger partial charge in [0.15, 0.2) is 5.92 Å². The van der Waals surface area contributed by atoms with Crippen LogP contribution in [0.15, 0.2) is 55.1 Å². The lowest BCUT2D eigenvalue weighted by atomic mass is 9.51. The smallest absolute Gasteiger partial charge is 0.320 e. The van der Waals surface area contributed by atoms with E-state index in [4.69, 9.17) is 9.47 Å². The van der Waals surface area contributed by atoms with E-state index in [2.05, 4.69) is 37.8 Å². The summed E-state index contributed by atoms with van der Waals surface area (Å²) in [5.41, 5.74) is 0.372. The van der Waals surface area contributed by atoms with Crippen molar-refractivity contribution in [2.45, 2.75) is 44.4 Å². The SMILES string of the molecule is C=CCOC(=O)C(C(=O)OC)[C@@H]1CC(=O)[C@@H]2[C@H]1[C@@]13C=C[C@]2(c2ccccc2)[C@@]1(C)CCCC3. The van der Waals surface area contributed by atoms with Crippen LogP contribution in [-0.4, -0.2) is 31.4 Å². The van der Waals surface area contributed by atoms with Gasteiger partial charge in [-0.3, -0.25) is 14.4 Å². The molecule has 0 heterocycles. The van der Waals surface area contributed by atoms with Crippen LogP contribution in [0.25, 0.3) is 0 Å². The zero-order valence-electron chi connectivity index (χ0n) is 19.4. The summed E-state index contributed by atoms with van der Waals surface area (Å²) in [5, 5.41) is 0. The standard InChI is InChI=1S/C28H32O5/c1-4-16-33-25(31)21(24(30)32-3)19-17-20(29)23-22(19)27-13-9-8-12-26(27,2)28(23,15-14-27)18-10-6-5-7-11-18/h4-7,10-11,14-15,19,21-23H,1,8-9,12-13,16-17H2,2-3H3/t19-,21?,22-,23+,26-,27+,28+/m0/s1. The van der Waals surface area contributed by atoms with Crippen LogP contribution < -0.4 is 0 Å². The average Bonchev–Trinajstić information content (AvgIpc) is 3.38. The largest absolute Gasteiger partial charge is 0.468 e. The van der Waals surface area contributed by atoms with Crippen LogP contribution in [0.4, 0.5) is 0 Å². The third-order valence-corrected chi connectivity index (χ3v) is 9.52.